The lowest BCUT2D eigenvalue weighted by Gasteiger charge is -2.28. The van der Waals surface area contributed by atoms with Gasteiger partial charge in [-0.25, -0.2) is 8.78 Å². The number of hydrogen-bond donors (Lipinski definition) is 0. The molecule has 11 heteroatoms. The van der Waals surface area contributed by atoms with Crippen LogP contribution in [0.3, 0.4) is 0 Å². The SMILES string of the molecule is O=C(F)/C(F)=C(/F)C(F)(C(F)(F)F)C(F)(F)F. The highest BCUT2D eigenvalue weighted by Gasteiger charge is 2.76. The molecule has 0 N–H and O–H groups in total. The predicted octanol–water partition coefficient (Wildman–Crippen LogP) is 3.47. The lowest BCUT2D eigenvalue weighted by atomic mass is 10.0. The molecule has 0 aromatic heterocycles. The van der Waals surface area contributed by atoms with Gasteiger partial charge in [0.25, 0.3) is 0 Å². The molecule has 0 aliphatic heterocycles. The molecule has 0 radical (unpaired) electrons. The summed E-state index contributed by atoms with van der Waals surface area (Å²) in [7, 11) is 0. The first-order chi connectivity index (χ1) is 7.26. The van der Waals surface area contributed by atoms with Crippen LogP contribution in [0.2, 0.25) is 0 Å². The van der Waals surface area contributed by atoms with Crippen molar-refractivity contribution in [1.82, 2.24) is 0 Å². The molecule has 0 amide bonds. The summed E-state index contributed by atoms with van der Waals surface area (Å²) >= 11 is 0. The Morgan fingerprint density at radius 2 is 1.00 bits per heavy atom. The van der Waals surface area contributed by atoms with Crippen LogP contribution in [0.5, 0.6) is 0 Å². The van der Waals surface area contributed by atoms with Crippen molar-refractivity contribution < 1.29 is 48.7 Å². The number of hydrogen-bond acceptors (Lipinski definition) is 1. The van der Waals surface area contributed by atoms with Crippen molar-refractivity contribution >= 4 is 6.04 Å². The van der Waals surface area contributed by atoms with Crippen LogP contribution in [-0.4, -0.2) is 24.1 Å². The molecule has 0 spiro atoms. The van der Waals surface area contributed by atoms with Gasteiger partial charge >= 0.3 is 24.1 Å². The van der Waals surface area contributed by atoms with Gasteiger partial charge in [0.2, 0.25) is 5.83 Å². The normalized spacial score (nSPS) is 15.6. The molecule has 0 aliphatic rings. The van der Waals surface area contributed by atoms with E-state index in [-0.39, 0.29) is 0 Å². The molecule has 0 aromatic rings. The zero-order valence-electron chi connectivity index (χ0n) is 7.19. The first kappa shape index (κ1) is 15.7. The van der Waals surface area contributed by atoms with Gasteiger partial charge in [0.15, 0.2) is 5.83 Å². The van der Waals surface area contributed by atoms with E-state index in [1.165, 1.54) is 0 Å². The molecular weight excluding hydrogens is 278 g/mol. The predicted molar refractivity (Wildman–Crippen MR) is 31.3 cm³/mol. The van der Waals surface area contributed by atoms with Crippen molar-refractivity contribution in [1.29, 1.82) is 0 Å². The molecule has 0 fully saturated rings. The lowest BCUT2D eigenvalue weighted by Crippen LogP contribution is -2.54. The second-order valence-electron chi connectivity index (χ2n) is 2.56. The Bertz CT molecular complexity index is 333. The van der Waals surface area contributed by atoms with Crippen LogP contribution >= 0.6 is 0 Å². The number of allylic oxidation sites excluding steroid dienone is 2. The van der Waals surface area contributed by atoms with Gasteiger partial charge in [0.05, 0.1) is 0 Å². The molecule has 100 valence electrons. The van der Waals surface area contributed by atoms with Gasteiger partial charge in [-0.3, -0.25) is 4.79 Å². The van der Waals surface area contributed by atoms with Gasteiger partial charge < -0.3 is 0 Å². The summed E-state index contributed by atoms with van der Waals surface area (Å²) in [4.78, 5) is 9.44. The Morgan fingerprint density at radius 3 is 1.18 bits per heavy atom. The fourth-order valence-electron chi connectivity index (χ4n) is 0.647. The largest absolute Gasteiger partial charge is 0.438 e. The van der Waals surface area contributed by atoms with E-state index in [0.29, 0.717) is 0 Å². The van der Waals surface area contributed by atoms with Crippen molar-refractivity contribution in [2.75, 3.05) is 0 Å². The third kappa shape index (κ3) is 2.52. The van der Waals surface area contributed by atoms with Crippen LogP contribution in [0, 0.1) is 0 Å². The van der Waals surface area contributed by atoms with Gasteiger partial charge in [-0.15, -0.1) is 0 Å². The second-order valence-corrected chi connectivity index (χ2v) is 2.56. The van der Waals surface area contributed by atoms with E-state index in [0.717, 1.165) is 0 Å². The maximum Gasteiger partial charge on any atom is 0.438 e. The molecule has 0 heterocycles. The number of halogens is 10. The smallest absolute Gasteiger partial charge is 0.253 e. The Kier molecular flexibility index (Phi) is 3.87. The number of carbonyl (C=O) groups excluding carboxylic acids is 1. The van der Waals surface area contributed by atoms with Crippen LogP contribution in [0.15, 0.2) is 11.7 Å². The van der Waals surface area contributed by atoms with Crippen LogP contribution in [0.1, 0.15) is 0 Å². The van der Waals surface area contributed by atoms with E-state index in [9.17, 15) is 48.7 Å². The van der Waals surface area contributed by atoms with Crippen molar-refractivity contribution in [3.05, 3.63) is 11.7 Å². The summed E-state index contributed by atoms with van der Waals surface area (Å²) in [6.45, 7) is 0. The van der Waals surface area contributed by atoms with Gasteiger partial charge in [0.1, 0.15) is 0 Å². The highest BCUT2D eigenvalue weighted by molar-refractivity contribution is 5.85. The Hall–Kier alpha value is -1.29. The van der Waals surface area contributed by atoms with Gasteiger partial charge in [0, 0.05) is 0 Å². The topological polar surface area (TPSA) is 17.1 Å². The average molecular weight is 278 g/mol. The molecule has 17 heavy (non-hydrogen) atoms. The van der Waals surface area contributed by atoms with E-state index in [1.54, 1.807) is 0 Å². The van der Waals surface area contributed by atoms with Crippen LogP contribution < -0.4 is 0 Å². The minimum Gasteiger partial charge on any atom is -0.253 e. The number of alkyl halides is 7. The summed E-state index contributed by atoms with van der Waals surface area (Å²) in [5, 5.41) is 0. The Morgan fingerprint density at radius 1 is 0.706 bits per heavy atom. The molecule has 1 nitrogen and oxygen atoms in total. The summed E-state index contributed by atoms with van der Waals surface area (Å²) in [5.41, 5.74) is -6.79. The van der Waals surface area contributed by atoms with E-state index in [2.05, 4.69) is 0 Å². The monoisotopic (exact) mass is 278 g/mol. The quantitative estimate of drug-likeness (QED) is 0.429. The minimum atomic E-state index is -6.96. The van der Waals surface area contributed by atoms with Crippen molar-refractivity contribution in [2.45, 2.75) is 18.0 Å². The van der Waals surface area contributed by atoms with E-state index in [1.807, 2.05) is 0 Å². The van der Waals surface area contributed by atoms with Gasteiger partial charge in [-0.05, 0) is 0 Å². The summed E-state index contributed by atoms with van der Waals surface area (Å²) < 4.78 is 119. The van der Waals surface area contributed by atoms with Crippen LogP contribution in [-0.2, 0) is 4.79 Å². The van der Waals surface area contributed by atoms with E-state index < -0.39 is 35.7 Å². The molecule has 0 bridgehead atoms. The van der Waals surface area contributed by atoms with Crippen LogP contribution in [0.4, 0.5) is 43.9 Å². The first-order valence-corrected chi connectivity index (χ1v) is 3.34. The molecule has 0 unspecified atom stereocenters. The fourth-order valence-corrected chi connectivity index (χ4v) is 0.647. The number of carbonyl (C=O) groups is 1. The zero-order chi connectivity index (χ0) is 14.2. The molecule has 0 saturated heterocycles. The molecular formula is C6F10O. The lowest BCUT2D eigenvalue weighted by molar-refractivity contribution is -0.331. The van der Waals surface area contributed by atoms with E-state index >= 15 is 0 Å². The summed E-state index contributed by atoms with van der Waals surface area (Å²) in [6, 6.07) is -3.60. The molecule has 0 aliphatic carbocycles. The third-order valence-corrected chi connectivity index (χ3v) is 1.45. The maximum absolute atomic E-state index is 12.6. The number of rotatable bonds is 2. The van der Waals surface area contributed by atoms with Crippen LogP contribution in [0.25, 0.3) is 0 Å². The fraction of sp³-hybridized carbons (Fsp3) is 0.500. The Balaban J connectivity index is 6.04. The highest BCUT2D eigenvalue weighted by atomic mass is 19.4. The molecule has 0 rings (SSSR count). The first-order valence-electron chi connectivity index (χ1n) is 3.34. The second kappa shape index (κ2) is 4.18. The molecule has 0 saturated carbocycles. The standard InChI is InChI=1S/C6F10O/c7-1(3(9)17)2(8)4(10,5(11,12)13)6(14,15)16/b2-1-. The third-order valence-electron chi connectivity index (χ3n) is 1.45. The average Bonchev–Trinajstić information content (AvgIpc) is 2.10. The van der Waals surface area contributed by atoms with Gasteiger partial charge in [-0.1, -0.05) is 0 Å². The van der Waals surface area contributed by atoms with Crippen molar-refractivity contribution in [3.63, 3.8) is 0 Å². The Labute approximate surface area is 85.7 Å². The van der Waals surface area contributed by atoms with Gasteiger partial charge in [-0.2, -0.15) is 35.1 Å². The zero-order valence-corrected chi connectivity index (χ0v) is 7.19. The van der Waals surface area contributed by atoms with Crippen molar-refractivity contribution in [3.8, 4) is 0 Å². The van der Waals surface area contributed by atoms with E-state index in [4.69, 9.17) is 0 Å². The van der Waals surface area contributed by atoms with Crippen molar-refractivity contribution in [2.24, 2.45) is 0 Å². The highest BCUT2D eigenvalue weighted by Crippen LogP contribution is 2.51. The minimum absolute atomic E-state index is 3.60. The summed E-state index contributed by atoms with van der Waals surface area (Å²) in [5.74, 6) is -7.97. The molecule has 0 aromatic carbocycles. The summed E-state index contributed by atoms with van der Waals surface area (Å²) in [6.07, 6.45) is -13.9. The molecule has 0 atom stereocenters. The maximum atomic E-state index is 12.6.